The van der Waals surface area contributed by atoms with E-state index in [1.807, 2.05) is 13.8 Å². The Morgan fingerprint density at radius 1 is 1.48 bits per heavy atom. The molecule has 1 N–H and O–H groups in total. The molecule has 0 radical (unpaired) electrons. The van der Waals surface area contributed by atoms with Gasteiger partial charge in [-0.05, 0) is 26.0 Å². The molecule has 1 aliphatic heterocycles. The molecule has 3 rings (SSSR count). The Kier molecular flexibility index (Phi) is 3.64. The van der Waals surface area contributed by atoms with Crippen LogP contribution in [0.15, 0.2) is 22.8 Å². The number of rotatable bonds is 2. The second-order valence-corrected chi connectivity index (χ2v) is 6.33. The first kappa shape index (κ1) is 14.0. The minimum atomic E-state index is -0.323. The second-order valence-electron chi connectivity index (χ2n) is 5.35. The summed E-state index contributed by atoms with van der Waals surface area (Å²) >= 11 is 1.28. The molecule has 0 aliphatic carbocycles. The summed E-state index contributed by atoms with van der Waals surface area (Å²) in [4.78, 5) is 13.9. The third-order valence-electron chi connectivity index (χ3n) is 3.08. The number of furan rings is 1. The molecule has 0 spiro atoms. The van der Waals surface area contributed by atoms with Gasteiger partial charge in [-0.15, -0.1) is 10.2 Å². The van der Waals surface area contributed by atoms with Crippen LogP contribution in [0.2, 0.25) is 0 Å². The lowest BCUT2D eigenvalue weighted by molar-refractivity contribution is -0.0720. The Morgan fingerprint density at radius 3 is 3.05 bits per heavy atom. The van der Waals surface area contributed by atoms with Crippen LogP contribution in [0.1, 0.15) is 13.8 Å². The first-order valence-corrected chi connectivity index (χ1v) is 7.42. The van der Waals surface area contributed by atoms with Gasteiger partial charge in [-0.3, -0.25) is 5.32 Å². The average molecular weight is 308 g/mol. The van der Waals surface area contributed by atoms with Gasteiger partial charge in [-0.1, -0.05) is 11.3 Å². The number of anilines is 1. The Morgan fingerprint density at radius 2 is 2.33 bits per heavy atom. The van der Waals surface area contributed by atoms with Gasteiger partial charge >= 0.3 is 6.03 Å². The summed E-state index contributed by atoms with van der Waals surface area (Å²) in [5, 5.41) is 11.8. The van der Waals surface area contributed by atoms with Gasteiger partial charge in [0.25, 0.3) is 0 Å². The van der Waals surface area contributed by atoms with Crippen LogP contribution >= 0.6 is 11.3 Å². The summed E-state index contributed by atoms with van der Waals surface area (Å²) in [7, 11) is 0. The van der Waals surface area contributed by atoms with Crippen LogP contribution in [0.3, 0.4) is 0 Å². The summed E-state index contributed by atoms with van der Waals surface area (Å²) in [6.07, 6.45) is 1.57. The molecular formula is C13H16N4O3S. The van der Waals surface area contributed by atoms with E-state index in [0.717, 1.165) is 0 Å². The van der Waals surface area contributed by atoms with Gasteiger partial charge in [0.2, 0.25) is 5.13 Å². The van der Waals surface area contributed by atoms with E-state index in [2.05, 4.69) is 15.5 Å². The SMILES string of the molecule is CC1(C)CN(C(=O)Nc2nnc(-c3ccco3)s2)CCO1. The number of nitrogens with one attached hydrogen (secondary N) is 1. The molecule has 8 heteroatoms. The van der Waals surface area contributed by atoms with Crippen LogP contribution in [-0.4, -0.2) is 46.4 Å². The Bertz CT molecular complexity index is 623. The monoisotopic (exact) mass is 308 g/mol. The highest BCUT2D eigenvalue weighted by molar-refractivity contribution is 7.18. The standard InChI is InChI=1S/C13H16N4O3S/c1-13(2)8-17(5-7-20-13)12(18)14-11-16-15-10(21-11)9-4-3-6-19-9/h3-4,6H,5,7-8H2,1-2H3,(H,14,16,18). The van der Waals surface area contributed by atoms with Gasteiger partial charge in [-0.2, -0.15) is 0 Å². The zero-order chi connectivity index (χ0) is 14.9. The fourth-order valence-electron chi connectivity index (χ4n) is 2.13. The van der Waals surface area contributed by atoms with Gasteiger partial charge in [0.05, 0.1) is 25.0 Å². The quantitative estimate of drug-likeness (QED) is 0.921. The zero-order valence-corrected chi connectivity index (χ0v) is 12.6. The van der Waals surface area contributed by atoms with Gasteiger partial charge in [0.15, 0.2) is 10.8 Å². The van der Waals surface area contributed by atoms with E-state index in [1.165, 1.54) is 11.3 Å². The van der Waals surface area contributed by atoms with Crippen molar-refractivity contribution in [2.24, 2.45) is 0 Å². The van der Waals surface area contributed by atoms with Crippen molar-refractivity contribution in [1.82, 2.24) is 15.1 Å². The van der Waals surface area contributed by atoms with Gasteiger partial charge < -0.3 is 14.1 Å². The Labute approximate surface area is 125 Å². The maximum atomic E-state index is 12.2. The third kappa shape index (κ3) is 3.22. The zero-order valence-electron chi connectivity index (χ0n) is 11.8. The number of hydrogen-bond acceptors (Lipinski definition) is 6. The van der Waals surface area contributed by atoms with E-state index >= 15 is 0 Å². The van der Waals surface area contributed by atoms with Crippen molar-refractivity contribution in [3.05, 3.63) is 18.4 Å². The van der Waals surface area contributed by atoms with Crippen molar-refractivity contribution in [3.8, 4) is 10.8 Å². The summed E-state index contributed by atoms with van der Waals surface area (Å²) < 4.78 is 10.8. The highest BCUT2D eigenvalue weighted by Gasteiger charge is 2.30. The lowest BCUT2D eigenvalue weighted by atomic mass is 10.1. The number of hydrogen-bond donors (Lipinski definition) is 1. The number of nitrogens with zero attached hydrogens (tertiary/aromatic N) is 3. The molecule has 0 atom stereocenters. The van der Waals surface area contributed by atoms with Crippen LogP contribution in [-0.2, 0) is 4.74 Å². The maximum absolute atomic E-state index is 12.2. The summed E-state index contributed by atoms with van der Waals surface area (Å²) in [5.74, 6) is 0.639. The maximum Gasteiger partial charge on any atom is 0.323 e. The van der Waals surface area contributed by atoms with Crippen molar-refractivity contribution < 1.29 is 13.9 Å². The third-order valence-corrected chi connectivity index (χ3v) is 3.94. The fraction of sp³-hybridized carbons (Fsp3) is 0.462. The molecule has 21 heavy (non-hydrogen) atoms. The number of ether oxygens (including phenoxy) is 1. The second kappa shape index (κ2) is 5.45. The molecule has 0 saturated carbocycles. The van der Waals surface area contributed by atoms with Crippen molar-refractivity contribution in [2.75, 3.05) is 25.0 Å². The van der Waals surface area contributed by atoms with Crippen LogP contribution in [0.5, 0.6) is 0 Å². The molecule has 1 fully saturated rings. The van der Waals surface area contributed by atoms with E-state index < -0.39 is 0 Å². The summed E-state index contributed by atoms with van der Waals surface area (Å²) in [6, 6.07) is 3.40. The minimum absolute atomic E-state index is 0.187. The number of morpholine rings is 1. The molecule has 1 saturated heterocycles. The van der Waals surface area contributed by atoms with E-state index in [9.17, 15) is 4.79 Å². The highest BCUT2D eigenvalue weighted by Crippen LogP contribution is 2.27. The molecule has 112 valence electrons. The molecule has 1 aliphatic rings. The lowest BCUT2D eigenvalue weighted by Crippen LogP contribution is -2.51. The van der Waals surface area contributed by atoms with E-state index in [1.54, 1.807) is 23.3 Å². The first-order chi connectivity index (χ1) is 10.0. The summed E-state index contributed by atoms with van der Waals surface area (Å²) in [6.45, 7) is 5.58. The van der Waals surface area contributed by atoms with Crippen LogP contribution in [0, 0.1) is 0 Å². The molecule has 2 aromatic heterocycles. The van der Waals surface area contributed by atoms with Crippen molar-refractivity contribution in [3.63, 3.8) is 0 Å². The van der Waals surface area contributed by atoms with E-state index in [4.69, 9.17) is 9.15 Å². The molecule has 7 nitrogen and oxygen atoms in total. The smallest absolute Gasteiger partial charge is 0.323 e. The fourth-order valence-corrected chi connectivity index (χ4v) is 2.84. The van der Waals surface area contributed by atoms with Gasteiger partial charge in [0, 0.05) is 6.54 Å². The first-order valence-electron chi connectivity index (χ1n) is 6.61. The topological polar surface area (TPSA) is 80.5 Å². The molecule has 2 amide bonds. The number of carbonyl (C=O) groups is 1. The van der Waals surface area contributed by atoms with Crippen LogP contribution in [0.25, 0.3) is 10.8 Å². The van der Waals surface area contributed by atoms with Gasteiger partial charge in [-0.25, -0.2) is 4.79 Å². The van der Waals surface area contributed by atoms with E-state index in [-0.39, 0.29) is 11.6 Å². The minimum Gasteiger partial charge on any atom is -0.462 e. The number of carbonyl (C=O) groups excluding carboxylic acids is 1. The van der Waals surface area contributed by atoms with Crippen molar-refractivity contribution in [2.45, 2.75) is 19.4 Å². The normalized spacial score (nSPS) is 17.7. The predicted octanol–water partition coefficient (Wildman–Crippen LogP) is 2.44. The molecular weight excluding hydrogens is 292 g/mol. The van der Waals surface area contributed by atoms with Crippen LogP contribution in [0.4, 0.5) is 9.93 Å². The lowest BCUT2D eigenvalue weighted by Gasteiger charge is -2.37. The molecule has 0 unspecified atom stereocenters. The molecule has 0 bridgehead atoms. The number of urea groups is 1. The van der Waals surface area contributed by atoms with Crippen molar-refractivity contribution >= 4 is 22.5 Å². The molecule has 0 aromatic carbocycles. The average Bonchev–Trinajstić information content (AvgIpc) is 3.07. The largest absolute Gasteiger partial charge is 0.462 e. The molecule has 2 aromatic rings. The summed E-state index contributed by atoms with van der Waals surface area (Å²) in [5.41, 5.74) is -0.323. The number of aromatic nitrogens is 2. The molecule has 3 heterocycles. The Balaban J connectivity index is 1.65. The van der Waals surface area contributed by atoms with Crippen LogP contribution < -0.4 is 5.32 Å². The Hall–Kier alpha value is -1.93. The highest BCUT2D eigenvalue weighted by atomic mass is 32.1. The van der Waals surface area contributed by atoms with E-state index in [0.29, 0.717) is 35.6 Å². The van der Waals surface area contributed by atoms with Gasteiger partial charge in [0.1, 0.15) is 0 Å². The van der Waals surface area contributed by atoms with Crippen molar-refractivity contribution in [1.29, 1.82) is 0 Å². The predicted molar refractivity (Wildman–Crippen MR) is 78.2 cm³/mol. The number of amides is 2.